The van der Waals surface area contributed by atoms with Crippen molar-refractivity contribution in [1.29, 1.82) is 0 Å². The van der Waals surface area contributed by atoms with Crippen molar-refractivity contribution in [3.8, 4) is 0 Å². The molecule has 9 heteroatoms. The highest BCUT2D eigenvalue weighted by atomic mass is 35.5. The summed E-state index contributed by atoms with van der Waals surface area (Å²) < 4.78 is 2.98. The van der Waals surface area contributed by atoms with Gasteiger partial charge in [0.05, 0.1) is 6.10 Å². The zero-order chi connectivity index (χ0) is 16.4. The van der Waals surface area contributed by atoms with Gasteiger partial charge in [-0.05, 0) is 13.8 Å². The molecule has 1 atom stereocenters. The summed E-state index contributed by atoms with van der Waals surface area (Å²) in [5.74, 6) is 0.429. The van der Waals surface area contributed by atoms with Gasteiger partial charge in [-0.3, -0.25) is 14.3 Å². The van der Waals surface area contributed by atoms with Gasteiger partial charge >= 0.3 is 5.69 Å². The van der Waals surface area contributed by atoms with Crippen LogP contribution in [0, 0.1) is 0 Å². The highest BCUT2D eigenvalue weighted by Crippen LogP contribution is 2.22. The number of hydrogen-bond acceptors (Lipinski definition) is 5. The van der Waals surface area contributed by atoms with Gasteiger partial charge in [-0.1, -0.05) is 29.4 Å². The van der Waals surface area contributed by atoms with Gasteiger partial charge in [0.1, 0.15) is 0 Å². The fraction of sp³-hybridized carbons (Fsp3) is 0.462. The minimum atomic E-state index is -0.515. The molecule has 0 saturated carbocycles. The Hall–Kier alpha value is -1.51. The van der Waals surface area contributed by atoms with Crippen molar-refractivity contribution in [2.45, 2.75) is 31.7 Å². The molecule has 0 aliphatic heterocycles. The van der Waals surface area contributed by atoms with Crippen LogP contribution in [0.2, 0.25) is 0 Å². The van der Waals surface area contributed by atoms with Crippen molar-refractivity contribution >= 4 is 34.5 Å². The minimum Gasteiger partial charge on any atom is -0.393 e. The van der Waals surface area contributed by atoms with E-state index in [0.717, 1.165) is 0 Å². The lowest BCUT2D eigenvalue weighted by Gasteiger charge is -2.07. The number of hydrogen-bond donors (Lipinski definition) is 2. The molecule has 2 heterocycles. The van der Waals surface area contributed by atoms with E-state index < -0.39 is 17.4 Å². The van der Waals surface area contributed by atoms with E-state index in [9.17, 15) is 14.7 Å². The maximum Gasteiger partial charge on any atom is 0.329 e. The number of imidazole rings is 1. The largest absolute Gasteiger partial charge is 0.393 e. The predicted molar refractivity (Wildman–Crippen MR) is 87.6 cm³/mol. The lowest BCUT2D eigenvalue weighted by atomic mass is 10.4. The third-order valence-electron chi connectivity index (χ3n) is 2.98. The number of H-pyrrole nitrogens is 1. The molecule has 0 saturated heterocycles. The third kappa shape index (κ3) is 3.45. The van der Waals surface area contributed by atoms with Gasteiger partial charge in [0.15, 0.2) is 16.3 Å². The van der Waals surface area contributed by atoms with E-state index in [-0.39, 0.29) is 0 Å². The van der Waals surface area contributed by atoms with Crippen LogP contribution in [0.5, 0.6) is 0 Å². The molecule has 0 aliphatic rings. The molecule has 22 heavy (non-hydrogen) atoms. The van der Waals surface area contributed by atoms with Gasteiger partial charge in [-0.15, -0.1) is 0 Å². The van der Waals surface area contributed by atoms with Crippen LogP contribution < -0.4 is 11.2 Å². The van der Waals surface area contributed by atoms with Crippen molar-refractivity contribution in [2.75, 3.05) is 5.75 Å². The summed E-state index contributed by atoms with van der Waals surface area (Å²) in [6.07, 6.45) is 1.24. The molecule has 0 bridgehead atoms. The normalized spacial score (nSPS) is 13.8. The molecule has 0 spiro atoms. The Labute approximate surface area is 135 Å². The van der Waals surface area contributed by atoms with Crippen LogP contribution in [-0.4, -0.2) is 36.1 Å². The standard InChI is InChI=1S/C13H17ClN4O3S/c1-7(14)4-5-18-9-10(15-13(18)22-6-8(2)19)17(3)12(21)16-11(9)20/h4,8,19H,5-6H2,1-3H3,(H,16,20,21). The molecule has 2 aromatic rings. The van der Waals surface area contributed by atoms with Crippen molar-refractivity contribution in [3.05, 3.63) is 31.9 Å². The first-order valence-corrected chi connectivity index (χ1v) is 8.00. The number of aliphatic hydroxyl groups is 1. The highest BCUT2D eigenvalue weighted by Gasteiger charge is 2.17. The maximum absolute atomic E-state index is 12.1. The quantitative estimate of drug-likeness (QED) is 0.790. The second-order valence-corrected chi connectivity index (χ2v) is 6.53. The molecule has 0 radical (unpaired) electrons. The van der Waals surface area contributed by atoms with Crippen LogP contribution in [0.4, 0.5) is 0 Å². The first-order chi connectivity index (χ1) is 10.3. The first kappa shape index (κ1) is 16.9. The van der Waals surface area contributed by atoms with Gasteiger partial charge in [-0.25, -0.2) is 9.78 Å². The predicted octanol–water partition coefficient (Wildman–Crippen LogP) is 1.04. The van der Waals surface area contributed by atoms with Gasteiger partial charge in [-0.2, -0.15) is 0 Å². The molecule has 0 aliphatic carbocycles. The van der Waals surface area contributed by atoms with Crippen LogP contribution in [0.15, 0.2) is 25.9 Å². The Morgan fingerprint density at radius 3 is 2.82 bits per heavy atom. The Kier molecular flexibility index (Phi) is 5.15. The number of halogens is 1. The molecule has 2 rings (SSSR count). The first-order valence-electron chi connectivity index (χ1n) is 6.64. The smallest absolute Gasteiger partial charge is 0.329 e. The van der Waals surface area contributed by atoms with Crippen molar-refractivity contribution in [1.82, 2.24) is 19.1 Å². The van der Waals surface area contributed by atoms with Crippen molar-refractivity contribution in [2.24, 2.45) is 7.05 Å². The minimum absolute atomic E-state index is 0.308. The highest BCUT2D eigenvalue weighted by molar-refractivity contribution is 7.99. The third-order valence-corrected chi connectivity index (χ3v) is 4.35. The molecule has 2 N–H and O–H groups in total. The van der Waals surface area contributed by atoms with Gasteiger partial charge in [0, 0.05) is 24.4 Å². The van der Waals surface area contributed by atoms with Crippen LogP contribution in [0.3, 0.4) is 0 Å². The molecule has 0 aromatic carbocycles. The zero-order valence-corrected chi connectivity index (χ0v) is 14.0. The van der Waals surface area contributed by atoms with Gasteiger partial charge in [0.25, 0.3) is 5.56 Å². The number of aliphatic hydroxyl groups excluding tert-OH is 1. The number of aryl methyl sites for hydroxylation is 1. The molecule has 2 aromatic heterocycles. The summed E-state index contributed by atoms with van der Waals surface area (Å²) in [6.45, 7) is 3.77. The van der Waals surface area contributed by atoms with E-state index in [1.54, 1.807) is 31.5 Å². The van der Waals surface area contributed by atoms with Crippen LogP contribution in [0.1, 0.15) is 13.8 Å². The lowest BCUT2D eigenvalue weighted by molar-refractivity contribution is 0.220. The average Bonchev–Trinajstić information content (AvgIpc) is 2.79. The number of allylic oxidation sites excluding steroid dienone is 2. The van der Waals surface area contributed by atoms with Gasteiger partial charge < -0.3 is 9.67 Å². The summed E-state index contributed by atoms with van der Waals surface area (Å²) >= 11 is 7.18. The van der Waals surface area contributed by atoms with E-state index in [1.807, 2.05) is 0 Å². The van der Waals surface area contributed by atoms with Crippen molar-refractivity contribution < 1.29 is 5.11 Å². The van der Waals surface area contributed by atoms with E-state index in [1.165, 1.54) is 16.3 Å². The summed E-state index contributed by atoms with van der Waals surface area (Å²) in [7, 11) is 1.55. The average molecular weight is 345 g/mol. The van der Waals surface area contributed by atoms with Crippen LogP contribution in [0.25, 0.3) is 11.2 Å². The monoisotopic (exact) mass is 344 g/mol. The lowest BCUT2D eigenvalue weighted by Crippen LogP contribution is -2.29. The van der Waals surface area contributed by atoms with Crippen LogP contribution in [-0.2, 0) is 13.6 Å². The number of rotatable bonds is 5. The van der Waals surface area contributed by atoms with E-state index in [0.29, 0.717) is 33.7 Å². The summed E-state index contributed by atoms with van der Waals surface area (Å²) in [4.78, 5) is 30.4. The number of nitrogens with zero attached hydrogens (tertiary/aromatic N) is 3. The molecular weight excluding hydrogens is 328 g/mol. The topological polar surface area (TPSA) is 92.9 Å². The maximum atomic E-state index is 12.1. The molecular formula is C13H17ClN4O3S. The Morgan fingerprint density at radius 2 is 2.23 bits per heavy atom. The Morgan fingerprint density at radius 1 is 1.55 bits per heavy atom. The van der Waals surface area contributed by atoms with Gasteiger partial charge in [0.2, 0.25) is 0 Å². The van der Waals surface area contributed by atoms with E-state index in [2.05, 4.69) is 9.97 Å². The summed E-state index contributed by atoms with van der Waals surface area (Å²) in [5, 5.41) is 10.6. The number of thioether (sulfide) groups is 1. The van der Waals surface area contributed by atoms with Crippen LogP contribution >= 0.6 is 23.4 Å². The molecule has 7 nitrogen and oxygen atoms in total. The Balaban J connectivity index is 2.66. The fourth-order valence-electron chi connectivity index (χ4n) is 1.91. The zero-order valence-electron chi connectivity index (χ0n) is 12.5. The summed E-state index contributed by atoms with van der Waals surface area (Å²) in [5.41, 5.74) is -0.389. The van der Waals surface area contributed by atoms with E-state index in [4.69, 9.17) is 11.6 Å². The summed E-state index contributed by atoms with van der Waals surface area (Å²) in [6, 6.07) is 0. The fourth-order valence-corrected chi connectivity index (χ4v) is 2.84. The van der Waals surface area contributed by atoms with Crippen molar-refractivity contribution in [3.63, 3.8) is 0 Å². The second kappa shape index (κ2) is 6.72. The number of fused-ring (bicyclic) bond motifs is 1. The SMILES string of the molecule is CC(Cl)=CCn1c(SCC(C)O)nc2c1c(=O)[nH]c(=O)n2C. The molecule has 120 valence electrons. The molecule has 0 amide bonds. The van der Waals surface area contributed by atoms with E-state index >= 15 is 0 Å². The molecule has 0 fully saturated rings. The Bertz CT molecular complexity index is 830. The number of aromatic amines is 1. The molecule has 1 unspecified atom stereocenters. The number of aromatic nitrogens is 4. The number of nitrogens with one attached hydrogen (secondary N) is 1. The second-order valence-electron chi connectivity index (χ2n) is 4.95.